The van der Waals surface area contributed by atoms with Crippen LogP contribution in [0.2, 0.25) is 0 Å². The first-order chi connectivity index (χ1) is 23.7. The number of carboxylic acid groups (broad SMARTS) is 1. The van der Waals surface area contributed by atoms with Crippen LogP contribution in [0, 0.1) is 5.92 Å². The lowest BCUT2D eigenvalue weighted by molar-refractivity contribution is -0.145. The summed E-state index contributed by atoms with van der Waals surface area (Å²) in [5.74, 6) is -1.99. The zero-order chi connectivity index (χ0) is 34.5. The molecule has 1 saturated heterocycles. The molecule has 4 bridgehead atoms. The Labute approximate surface area is 285 Å². The van der Waals surface area contributed by atoms with E-state index in [2.05, 4.69) is 28.6 Å². The molecule has 11 heteroatoms. The molecule has 5 atom stereocenters. The zero-order valence-electron chi connectivity index (χ0n) is 27.7. The third-order valence-corrected chi connectivity index (χ3v) is 9.63. The number of carbonyl (C=O) groups excluding carboxylic acids is 3. The van der Waals surface area contributed by atoms with Gasteiger partial charge in [0.25, 0.3) is 0 Å². The van der Waals surface area contributed by atoms with Crippen LogP contribution in [0.5, 0.6) is 5.75 Å². The number of unbranched alkanes of at least 4 members (excludes halogenated alkanes) is 1. The molecule has 6 rings (SSSR count). The van der Waals surface area contributed by atoms with Crippen LogP contribution in [0.4, 0.5) is 4.79 Å². The molecule has 0 spiro atoms. The topological polar surface area (TPSA) is 150 Å². The first-order valence-electron chi connectivity index (χ1n) is 17.1. The Hall–Kier alpha value is -5.19. The number of rotatable bonds is 8. The van der Waals surface area contributed by atoms with Crippen LogP contribution in [0.1, 0.15) is 57.4 Å². The standard InChI is InChI=1S/C38H43N5O6/c1-3-5-15-30-35(45)43-23-27(20-32(43)34(44)42-38(36(46)47)22-26(38)4-2)49-33-21-31(25-13-9-6-10-14-25)40-29-17-16-24(19-28(29)33)12-8-7-11-18-39-37(48)41-30/h4,6,8-10,12-14,16-17,19,21,26-27,30,32H,2-3,5,7,11,15,18,20,22-23H2,1H3,(H,42,44)(H,46,47)(H2,39,41,48)/b12-8+/t26-,27-,30+,32+,38-/m1/s1. The number of aliphatic carboxylic acids is 1. The molecule has 0 radical (unpaired) electrons. The summed E-state index contributed by atoms with van der Waals surface area (Å²) in [6.45, 7) is 6.21. The lowest BCUT2D eigenvalue weighted by Gasteiger charge is -2.29. The van der Waals surface area contributed by atoms with E-state index in [-0.39, 0.29) is 19.4 Å². The van der Waals surface area contributed by atoms with E-state index in [9.17, 15) is 24.3 Å². The molecule has 3 aromatic rings. The molecule has 256 valence electrons. The number of carboxylic acids is 1. The van der Waals surface area contributed by atoms with E-state index in [1.54, 1.807) is 0 Å². The lowest BCUT2D eigenvalue weighted by Crippen LogP contribution is -2.57. The van der Waals surface area contributed by atoms with Crippen molar-refractivity contribution in [1.82, 2.24) is 25.8 Å². The molecule has 2 aromatic carbocycles. The van der Waals surface area contributed by atoms with Crippen LogP contribution in [-0.4, -0.2) is 75.6 Å². The Morgan fingerprint density at radius 1 is 1.18 bits per heavy atom. The van der Waals surface area contributed by atoms with Gasteiger partial charge in [0.2, 0.25) is 11.8 Å². The molecule has 3 aliphatic rings. The number of hydrogen-bond donors (Lipinski definition) is 4. The highest BCUT2D eigenvalue weighted by Gasteiger charge is 2.61. The summed E-state index contributed by atoms with van der Waals surface area (Å²) in [5, 5.41) is 19.2. The molecule has 11 nitrogen and oxygen atoms in total. The average molecular weight is 666 g/mol. The smallest absolute Gasteiger partial charge is 0.330 e. The van der Waals surface area contributed by atoms with Crippen LogP contribution in [-0.2, 0) is 14.4 Å². The van der Waals surface area contributed by atoms with Gasteiger partial charge in [-0.3, -0.25) is 9.59 Å². The summed E-state index contributed by atoms with van der Waals surface area (Å²) in [5.41, 5.74) is 1.86. The minimum Gasteiger partial charge on any atom is -0.488 e. The van der Waals surface area contributed by atoms with Gasteiger partial charge in [0.15, 0.2) is 0 Å². The summed E-state index contributed by atoms with van der Waals surface area (Å²) in [7, 11) is 0. The molecule has 49 heavy (non-hydrogen) atoms. The monoisotopic (exact) mass is 665 g/mol. The second-order valence-corrected chi connectivity index (χ2v) is 13.1. The predicted molar refractivity (Wildman–Crippen MR) is 187 cm³/mol. The Morgan fingerprint density at radius 2 is 2.00 bits per heavy atom. The van der Waals surface area contributed by atoms with Gasteiger partial charge in [-0.05, 0) is 43.4 Å². The molecule has 0 unspecified atom stereocenters. The Bertz CT molecular complexity index is 1780. The maximum Gasteiger partial charge on any atom is 0.330 e. The number of amides is 4. The van der Waals surface area contributed by atoms with E-state index in [4.69, 9.17) is 9.72 Å². The summed E-state index contributed by atoms with van der Waals surface area (Å²) in [6.07, 6.45) is 8.67. The van der Waals surface area contributed by atoms with Crippen LogP contribution in [0.15, 0.2) is 73.3 Å². The fourth-order valence-corrected chi connectivity index (χ4v) is 6.76. The third-order valence-electron chi connectivity index (χ3n) is 9.63. The molecular weight excluding hydrogens is 622 g/mol. The SMILES string of the molecule is C=C[C@@H]1C[C@]1(NC(=O)[C@@H]1C[C@@H]2CN1C(=O)[C@H](CCCC)NC(=O)NCCC/C=C/c1ccc3nc(-c4ccccc4)cc(c3c1)O2)C(=O)O. The summed E-state index contributed by atoms with van der Waals surface area (Å²) >= 11 is 0. The molecule has 4 amide bonds. The predicted octanol–water partition coefficient (Wildman–Crippen LogP) is 5.06. The van der Waals surface area contributed by atoms with Crippen molar-refractivity contribution in [1.29, 1.82) is 0 Å². The second kappa shape index (κ2) is 14.5. The molecule has 1 aromatic heterocycles. The highest BCUT2D eigenvalue weighted by atomic mass is 16.5. The molecule has 1 saturated carbocycles. The number of nitrogens with zero attached hydrogens (tertiary/aromatic N) is 2. The quantitative estimate of drug-likeness (QED) is 0.246. The summed E-state index contributed by atoms with van der Waals surface area (Å²) in [6, 6.07) is 15.3. The number of nitrogens with one attached hydrogen (secondary N) is 3. The number of fused-ring (bicyclic) bond motifs is 3. The van der Waals surface area contributed by atoms with E-state index in [1.165, 1.54) is 11.0 Å². The van der Waals surface area contributed by atoms with Gasteiger partial charge in [-0.25, -0.2) is 14.6 Å². The van der Waals surface area contributed by atoms with Crippen molar-refractivity contribution >= 4 is 40.8 Å². The molecular formula is C38H43N5O6. The largest absolute Gasteiger partial charge is 0.488 e. The molecule has 4 N–H and O–H groups in total. The van der Waals surface area contributed by atoms with E-state index in [0.717, 1.165) is 40.6 Å². The van der Waals surface area contributed by atoms with Crippen molar-refractivity contribution < 1.29 is 29.0 Å². The number of pyridine rings is 1. The van der Waals surface area contributed by atoms with Gasteiger partial charge in [-0.1, -0.05) is 74.4 Å². The van der Waals surface area contributed by atoms with Crippen LogP contribution in [0.3, 0.4) is 0 Å². The fourth-order valence-electron chi connectivity index (χ4n) is 6.76. The van der Waals surface area contributed by atoms with Crippen LogP contribution >= 0.6 is 0 Å². The van der Waals surface area contributed by atoms with E-state index >= 15 is 0 Å². The Kier molecular flexibility index (Phi) is 9.98. The maximum atomic E-state index is 14.3. The van der Waals surface area contributed by atoms with Crippen LogP contribution < -0.4 is 20.7 Å². The minimum atomic E-state index is -1.46. The fraction of sp³-hybridized carbons (Fsp3) is 0.395. The van der Waals surface area contributed by atoms with Crippen molar-refractivity contribution in [3.05, 3.63) is 78.9 Å². The zero-order valence-corrected chi connectivity index (χ0v) is 27.7. The van der Waals surface area contributed by atoms with Gasteiger partial charge in [-0.2, -0.15) is 0 Å². The van der Waals surface area contributed by atoms with Gasteiger partial charge >= 0.3 is 12.0 Å². The summed E-state index contributed by atoms with van der Waals surface area (Å²) in [4.78, 5) is 59.8. The number of benzene rings is 2. The molecule has 2 fully saturated rings. The van der Waals surface area contributed by atoms with Crippen molar-refractivity contribution in [2.75, 3.05) is 13.1 Å². The number of aromatic nitrogens is 1. The van der Waals surface area contributed by atoms with Crippen molar-refractivity contribution in [2.24, 2.45) is 5.92 Å². The first kappa shape index (κ1) is 33.7. The van der Waals surface area contributed by atoms with E-state index in [0.29, 0.717) is 31.6 Å². The lowest BCUT2D eigenvalue weighted by atomic mass is 10.1. The molecule has 2 aliphatic heterocycles. The number of ether oxygens (including phenoxy) is 1. The van der Waals surface area contributed by atoms with Gasteiger partial charge in [-0.15, -0.1) is 6.58 Å². The second-order valence-electron chi connectivity index (χ2n) is 13.1. The highest BCUT2D eigenvalue weighted by Crippen LogP contribution is 2.45. The van der Waals surface area contributed by atoms with Crippen LogP contribution in [0.25, 0.3) is 28.2 Å². The van der Waals surface area contributed by atoms with E-state index in [1.807, 2.05) is 67.6 Å². The molecule has 3 heterocycles. The third kappa shape index (κ3) is 7.30. The van der Waals surface area contributed by atoms with Gasteiger partial charge in [0.05, 0.1) is 17.8 Å². The number of urea groups is 1. The van der Waals surface area contributed by atoms with Crippen molar-refractivity contribution in [3.8, 4) is 17.0 Å². The Balaban J connectivity index is 1.39. The minimum absolute atomic E-state index is 0.0673. The molecule has 1 aliphatic carbocycles. The van der Waals surface area contributed by atoms with Gasteiger partial charge < -0.3 is 30.7 Å². The highest BCUT2D eigenvalue weighted by molar-refractivity contribution is 5.96. The van der Waals surface area contributed by atoms with Gasteiger partial charge in [0, 0.05) is 35.9 Å². The Morgan fingerprint density at radius 3 is 2.73 bits per heavy atom. The summed E-state index contributed by atoms with van der Waals surface area (Å²) < 4.78 is 6.71. The normalized spacial score (nSPS) is 26.1. The first-order valence-corrected chi connectivity index (χ1v) is 17.1. The maximum absolute atomic E-state index is 14.3. The number of allylic oxidation sites excluding steroid dienone is 1. The van der Waals surface area contributed by atoms with Gasteiger partial charge in [0.1, 0.15) is 29.5 Å². The van der Waals surface area contributed by atoms with Crippen molar-refractivity contribution in [2.45, 2.75) is 75.6 Å². The van der Waals surface area contributed by atoms with Crippen molar-refractivity contribution in [3.63, 3.8) is 0 Å². The average Bonchev–Trinajstić information content (AvgIpc) is 3.67. The van der Waals surface area contributed by atoms with E-state index < -0.39 is 53.5 Å². The number of carbonyl (C=O) groups is 4. The number of hydrogen-bond acceptors (Lipinski definition) is 6.